The van der Waals surface area contributed by atoms with E-state index in [0.29, 0.717) is 24.8 Å². The third kappa shape index (κ3) is 3.91. The topological polar surface area (TPSA) is 91.3 Å². The highest BCUT2D eigenvalue weighted by Gasteiger charge is 2.21. The molecular formula is C21H23N5O3. The molecule has 0 saturated carbocycles. The number of nitrogens with zero attached hydrogens (tertiary/aromatic N) is 4. The molecule has 3 aromatic heterocycles. The van der Waals surface area contributed by atoms with Gasteiger partial charge in [-0.25, -0.2) is 15.0 Å². The Labute approximate surface area is 169 Å². The third-order valence-corrected chi connectivity index (χ3v) is 4.91. The van der Waals surface area contributed by atoms with E-state index in [1.54, 1.807) is 20.4 Å². The molecule has 8 heteroatoms. The fraction of sp³-hybridized carbons (Fsp3) is 0.333. The molecule has 0 bridgehead atoms. The molecule has 29 heavy (non-hydrogen) atoms. The van der Waals surface area contributed by atoms with Crippen LogP contribution < -0.4 is 19.5 Å². The first kappa shape index (κ1) is 18.9. The summed E-state index contributed by atoms with van der Waals surface area (Å²) in [5.74, 6) is 2.90. The highest BCUT2D eigenvalue weighted by atomic mass is 16.5. The number of hydrogen-bond donors (Lipinski definition) is 1. The molecule has 0 spiro atoms. The average Bonchev–Trinajstić information content (AvgIpc) is 3.26. The molecule has 0 radical (unpaired) electrons. The van der Waals surface area contributed by atoms with Crippen LogP contribution in [0.2, 0.25) is 0 Å². The van der Waals surface area contributed by atoms with E-state index in [0.717, 1.165) is 34.9 Å². The van der Waals surface area contributed by atoms with E-state index in [-0.39, 0.29) is 5.92 Å². The van der Waals surface area contributed by atoms with Crippen LogP contribution in [0.3, 0.4) is 0 Å². The van der Waals surface area contributed by atoms with Gasteiger partial charge in [0, 0.05) is 48.5 Å². The molecule has 0 aromatic carbocycles. The monoisotopic (exact) mass is 393 g/mol. The van der Waals surface area contributed by atoms with Crippen molar-refractivity contribution in [2.45, 2.75) is 19.3 Å². The number of ether oxygens (including phenoxy) is 3. The molecule has 0 aliphatic carbocycles. The fourth-order valence-corrected chi connectivity index (χ4v) is 3.34. The molecule has 1 aliphatic rings. The molecule has 1 atom stereocenters. The SMILES string of the molecule is COc1cc(-c2cc(NCC(C)c3ccnc4c3OCC4)ncn2)cnc1OC. The lowest BCUT2D eigenvalue weighted by Crippen LogP contribution is -2.12. The Morgan fingerprint density at radius 1 is 1.14 bits per heavy atom. The zero-order valence-electron chi connectivity index (χ0n) is 16.7. The highest BCUT2D eigenvalue weighted by Crippen LogP contribution is 2.33. The number of rotatable bonds is 7. The minimum absolute atomic E-state index is 0.242. The van der Waals surface area contributed by atoms with E-state index in [1.165, 1.54) is 11.9 Å². The van der Waals surface area contributed by atoms with Crippen LogP contribution >= 0.6 is 0 Å². The predicted molar refractivity (Wildman–Crippen MR) is 109 cm³/mol. The van der Waals surface area contributed by atoms with Gasteiger partial charge in [-0.05, 0) is 12.1 Å². The van der Waals surface area contributed by atoms with Crippen LogP contribution in [0.1, 0.15) is 24.1 Å². The first-order valence-electron chi connectivity index (χ1n) is 9.44. The summed E-state index contributed by atoms with van der Waals surface area (Å²) in [4.78, 5) is 17.4. The Morgan fingerprint density at radius 3 is 2.86 bits per heavy atom. The maximum Gasteiger partial charge on any atom is 0.256 e. The maximum atomic E-state index is 5.78. The molecule has 3 aromatic rings. The van der Waals surface area contributed by atoms with Gasteiger partial charge in [-0.2, -0.15) is 0 Å². The van der Waals surface area contributed by atoms with Gasteiger partial charge in [-0.1, -0.05) is 6.92 Å². The molecular weight excluding hydrogens is 370 g/mol. The average molecular weight is 393 g/mol. The third-order valence-electron chi connectivity index (χ3n) is 4.91. The summed E-state index contributed by atoms with van der Waals surface area (Å²) in [5, 5.41) is 3.39. The van der Waals surface area contributed by atoms with Crippen molar-refractivity contribution in [2.24, 2.45) is 0 Å². The Kier molecular flexibility index (Phi) is 5.41. The van der Waals surface area contributed by atoms with Crippen LogP contribution in [-0.2, 0) is 6.42 Å². The quantitative estimate of drug-likeness (QED) is 0.655. The number of hydrogen-bond acceptors (Lipinski definition) is 8. The number of pyridine rings is 2. The molecule has 1 aliphatic heterocycles. The van der Waals surface area contributed by atoms with E-state index in [1.807, 2.05) is 24.4 Å². The summed E-state index contributed by atoms with van der Waals surface area (Å²) in [6.45, 7) is 3.57. The van der Waals surface area contributed by atoms with Gasteiger partial charge in [0.25, 0.3) is 5.88 Å². The van der Waals surface area contributed by atoms with Gasteiger partial charge in [0.05, 0.1) is 32.2 Å². The van der Waals surface area contributed by atoms with Crippen LogP contribution in [0.15, 0.2) is 36.9 Å². The van der Waals surface area contributed by atoms with Crippen LogP contribution in [0.25, 0.3) is 11.3 Å². The molecule has 150 valence electrons. The minimum Gasteiger partial charge on any atom is -0.491 e. The summed E-state index contributed by atoms with van der Waals surface area (Å²) in [5.41, 5.74) is 3.77. The van der Waals surface area contributed by atoms with Crippen molar-refractivity contribution < 1.29 is 14.2 Å². The molecule has 0 saturated heterocycles. The van der Waals surface area contributed by atoms with E-state index < -0.39 is 0 Å². The molecule has 4 heterocycles. The van der Waals surface area contributed by atoms with E-state index in [4.69, 9.17) is 14.2 Å². The molecule has 0 fully saturated rings. The molecule has 0 amide bonds. The molecule has 1 unspecified atom stereocenters. The van der Waals surface area contributed by atoms with Crippen molar-refractivity contribution in [1.29, 1.82) is 0 Å². The summed E-state index contributed by atoms with van der Waals surface area (Å²) in [6, 6.07) is 5.76. The van der Waals surface area contributed by atoms with Crippen molar-refractivity contribution in [3.63, 3.8) is 0 Å². The second-order valence-electron chi connectivity index (χ2n) is 6.78. The Hall–Kier alpha value is -3.42. The maximum absolute atomic E-state index is 5.78. The Balaban J connectivity index is 1.49. The summed E-state index contributed by atoms with van der Waals surface area (Å²) in [6.07, 6.45) is 5.96. The summed E-state index contributed by atoms with van der Waals surface area (Å²) < 4.78 is 16.3. The first-order valence-corrected chi connectivity index (χ1v) is 9.44. The summed E-state index contributed by atoms with van der Waals surface area (Å²) in [7, 11) is 3.14. The lowest BCUT2D eigenvalue weighted by molar-refractivity contribution is 0.343. The number of methoxy groups -OCH3 is 2. The van der Waals surface area contributed by atoms with Crippen molar-refractivity contribution in [3.8, 4) is 28.6 Å². The van der Waals surface area contributed by atoms with Crippen LogP contribution in [0.4, 0.5) is 5.82 Å². The second kappa shape index (κ2) is 8.30. The van der Waals surface area contributed by atoms with Gasteiger partial charge in [0.1, 0.15) is 17.9 Å². The van der Waals surface area contributed by atoms with Gasteiger partial charge in [-0.3, -0.25) is 4.98 Å². The number of fused-ring (bicyclic) bond motifs is 1. The van der Waals surface area contributed by atoms with Crippen molar-refractivity contribution in [2.75, 3.05) is 32.7 Å². The largest absolute Gasteiger partial charge is 0.491 e. The van der Waals surface area contributed by atoms with Crippen molar-refractivity contribution >= 4 is 5.82 Å². The first-order chi connectivity index (χ1) is 14.2. The normalized spacial score (nSPS) is 13.3. The van der Waals surface area contributed by atoms with Gasteiger partial charge in [0.15, 0.2) is 5.75 Å². The highest BCUT2D eigenvalue weighted by molar-refractivity contribution is 5.64. The van der Waals surface area contributed by atoms with Gasteiger partial charge in [0.2, 0.25) is 0 Å². The lowest BCUT2D eigenvalue weighted by Gasteiger charge is -2.16. The van der Waals surface area contributed by atoms with Gasteiger partial charge >= 0.3 is 0 Å². The molecule has 8 nitrogen and oxygen atoms in total. The van der Waals surface area contributed by atoms with Gasteiger partial charge in [-0.15, -0.1) is 0 Å². The smallest absolute Gasteiger partial charge is 0.256 e. The Bertz CT molecular complexity index is 1010. The van der Waals surface area contributed by atoms with Crippen LogP contribution in [-0.4, -0.2) is 47.3 Å². The number of aromatic nitrogens is 4. The number of nitrogens with one attached hydrogen (secondary N) is 1. The zero-order chi connectivity index (χ0) is 20.2. The molecule has 4 rings (SSSR count). The number of anilines is 1. The standard InChI is InChI=1S/C21H23N5O3/c1-13(15-4-6-22-16-5-7-29-20(15)16)10-23-19-9-17(25-12-26-19)14-8-18(27-2)21(28-3)24-11-14/h4,6,8-9,11-13H,5,7,10H2,1-3H3,(H,23,25,26). The molecule has 1 N–H and O–H groups in total. The Morgan fingerprint density at radius 2 is 2.03 bits per heavy atom. The zero-order valence-corrected chi connectivity index (χ0v) is 16.7. The van der Waals surface area contributed by atoms with E-state index in [9.17, 15) is 0 Å². The van der Waals surface area contributed by atoms with E-state index in [2.05, 4.69) is 32.2 Å². The fourth-order valence-electron chi connectivity index (χ4n) is 3.34. The minimum atomic E-state index is 0.242. The van der Waals surface area contributed by atoms with E-state index >= 15 is 0 Å². The van der Waals surface area contributed by atoms with Gasteiger partial charge < -0.3 is 19.5 Å². The van der Waals surface area contributed by atoms with Crippen LogP contribution in [0.5, 0.6) is 17.4 Å². The lowest BCUT2D eigenvalue weighted by atomic mass is 10.00. The second-order valence-corrected chi connectivity index (χ2v) is 6.78. The van der Waals surface area contributed by atoms with Crippen molar-refractivity contribution in [3.05, 3.63) is 48.2 Å². The van der Waals surface area contributed by atoms with Crippen LogP contribution in [0, 0.1) is 0 Å². The summed E-state index contributed by atoms with van der Waals surface area (Å²) >= 11 is 0. The predicted octanol–water partition coefficient (Wildman–Crippen LogP) is 3.10. The van der Waals surface area contributed by atoms with Crippen molar-refractivity contribution in [1.82, 2.24) is 19.9 Å².